The predicted octanol–water partition coefficient (Wildman–Crippen LogP) is 4.36. The molecule has 0 aliphatic heterocycles. The Kier molecular flexibility index (Phi) is 4.67. The van der Waals surface area contributed by atoms with E-state index in [0.29, 0.717) is 11.3 Å². The number of benzene rings is 3. The van der Waals surface area contributed by atoms with Gasteiger partial charge in [-0.15, -0.1) is 0 Å². The molecule has 0 fully saturated rings. The highest BCUT2D eigenvalue weighted by molar-refractivity contribution is 7.92. The van der Waals surface area contributed by atoms with Crippen molar-refractivity contribution in [1.29, 1.82) is 0 Å². The summed E-state index contributed by atoms with van der Waals surface area (Å²) in [5.74, 6) is -0.0640. The third-order valence-electron chi connectivity index (χ3n) is 3.82. The van der Waals surface area contributed by atoms with Crippen molar-refractivity contribution in [2.75, 3.05) is 4.72 Å². The summed E-state index contributed by atoms with van der Waals surface area (Å²) in [5, 5.41) is 0. The average molecular weight is 351 g/mol. The lowest BCUT2D eigenvalue weighted by atomic mass is 10.1. The van der Waals surface area contributed by atoms with Gasteiger partial charge >= 0.3 is 0 Å². The fourth-order valence-electron chi connectivity index (χ4n) is 2.44. The first-order chi connectivity index (χ1) is 12.0. The van der Waals surface area contributed by atoms with Gasteiger partial charge in [-0.2, -0.15) is 0 Å². The number of hydrogen-bond acceptors (Lipinski definition) is 3. The lowest BCUT2D eigenvalue weighted by molar-refractivity contribution is 0.101. The number of sulfonamides is 1. The maximum atomic E-state index is 12.5. The van der Waals surface area contributed by atoms with Crippen LogP contribution in [0.15, 0.2) is 83.8 Å². The highest BCUT2D eigenvalue weighted by atomic mass is 32.2. The van der Waals surface area contributed by atoms with Crippen molar-refractivity contribution in [1.82, 2.24) is 0 Å². The number of nitrogens with one attached hydrogen (secondary N) is 1. The first-order valence-electron chi connectivity index (χ1n) is 7.75. The van der Waals surface area contributed by atoms with Crippen molar-refractivity contribution in [2.24, 2.45) is 0 Å². The highest BCUT2D eigenvalue weighted by Crippen LogP contribution is 2.22. The standard InChI is InChI=1S/C20H17NO3S/c1-15(22)16-7-11-19(12-8-16)21-25(23,24)20-13-9-18(10-14-20)17-5-3-2-4-6-17/h2-14,21H,1H3. The predicted molar refractivity (Wildman–Crippen MR) is 99.1 cm³/mol. The average Bonchev–Trinajstić information content (AvgIpc) is 2.63. The van der Waals surface area contributed by atoms with Crippen LogP contribution >= 0.6 is 0 Å². The molecule has 0 spiro atoms. The van der Waals surface area contributed by atoms with E-state index < -0.39 is 10.0 Å². The SMILES string of the molecule is CC(=O)c1ccc(NS(=O)(=O)c2ccc(-c3ccccc3)cc2)cc1. The van der Waals surface area contributed by atoms with Crippen LogP contribution in [0.3, 0.4) is 0 Å². The number of ketones is 1. The fraction of sp³-hybridized carbons (Fsp3) is 0.0500. The van der Waals surface area contributed by atoms with Crippen LogP contribution in [0, 0.1) is 0 Å². The molecule has 0 aromatic heterocycles. The largest absolute Gasteiger partial charge is 0.295 e. The number of anilines is 1. The van der Waals surface area contributed by atoms with Gasteiger partial charge in [0.2, 0.25) is 0 Å². The molecule has 3 rings (SSSR count). The van der Waals surface area contributed by atoms with Crippen molar-refractivity contribution >= 4 is 21.5 Å². The molecule has 1 N–H and O–H groups in total. The van der Waals surface area contributed by atoms with Crippen molar-refractivity contribution in [3.8, 4) is 11.1 Å². The summed E-state index contributed by atoms with van der Waals surface area (Å²) in [6.45, 7) is 1.47. The third kappa shape index (κ3) is 3.95. The smallest absolute Gasteiger partial charge is 0.261 e. The molecule has 3 aromatic carbocycles. The second-order valence-electron chi connectivity index (χ2n) is 5.63. The van der Waals surface area contributed by atoms with E-state index in [4.69, 9.17) is 0 Å². The molecule has 0 atom stereocenters. The first-order valence-corrected chi connectivity index (χ1v) is 9.23. The molecule has 0 bridgehead atoms. The second-order valence-corrected chi connectivity index (χ2v) is 7.31. The molecule has 0 heterocycles. The summed E-state index contributed by atoms with van der Waals surface area (Å²) in [4.78, 5) is 11.5. The summed E-state index contributed by atoms with van der Waals surface area (Å²) in [6, 6.07) is 22.8. The number of Topliss-reactive ketones (excluding diaryl/α,β-unsaturated/α-hetero) is 1. The molecule has 25 heavy (non-hydrogen) atoms. The van der Waals surface area contributed by atoms with Crippen LogP contribution < -0.4 is 4.72 Å². The van der Waals surface area contributed by atoms with Gasteiger partial charge in [0, 0.05) is 11.3 Å². The molecule has 4 nitrogen and oxygen atoms in total. The van der Waals surface area contributed by atoms with Gasteiger partial charge in [-0.25, -0.2) is 8.42 Å². The van der Waals surface area contributed by atoms with Gasteiger partial charge in [0.05, 0.1) is 4.90 Å². The molecule has 0 aliphatic carbocycles. The van der Waals surface area contributed by atoms with Crippen LogP contribution in [0.2, 0.25) is 0 Å². The Labute approximate surface area is 147 Å². The fourth-order valence-corrected chi connectivity index (χ4v) is 3.50. The molecule has 0 amide bonds. The van der Waals surface area contributed by atoms with E-state index in [1.54, 1.807) is 48.5 Å². The van der Waals surface area contributed by atoms with Gasteiger partial charge in [0.1, 0.15) is 0 Å². The van der Waals surface area contributed by atoms with Gasteiger partial charge in [-0.05, 0) is 54.4 Å². The van der Waals surface area contributed by atoms with Gasteiger partial charge in [0.15, 0.2) is 5.78 Å². The lowest BCUT2D eigenvalue weighted by Gasteiger charge is -2.09. The zero-order valence-corrected chi connectivity index (χ0v) is 14.5. The minimum Gasteiger partial charge on any atom is -0.295 e. The number of hydrogen-bond donors (Lipinski definition) is 1. The van der Waals surface area contributed by atoms with Gasteiger partial charge in [-0.1, -0.05) is 42.5 Å². The van der Waals surface area contributed by atoms with Gasteiger partial charge in [-0.3, -0.25) is 9.52 Å². The summed E-state index contributed by atoms with van der Waals surface area (Å²) in [6.07, 6.45) is 0. The normalized spacial score (nSPS) is 11.1. The first kappa shape index (κ1) is 16.9. The molecule has 3 aromatic rings. The molecule has 0 unspecified atom stereocenters. The minimum atomic E-state index is -3.68. The molecule has 0 saturated carbocycles. The lowest BCUT2D eigenvalue weighted by Crippen LogP contribution is -2.12. The van der Waals surface area contributed by atoms with E-state index in [1.165, 1.54) is 6.92 Å². The van der Waals surface area contributed by atoms with Crippen molar-refractivity contribution in [3.05, 3.63) is 84.4 Å². The van der Waals surface area contributed by atoms with Crippen LogP contribution in [0.25, 0.3) is 11.1 Å². The molecule has 5 heteroatoms. The molecule has 0 aliphatic rings. The molecule has 0 radical (unpaired) electrons. The monoisotopic (exact) mass is 351 g/mol. The van der Waals surface area contributed by atoms with Gasteiger partial charge < -0.3 is 0 Å². The minimum absolute atomic E-state index is 0.0640. The van der Waals surface area contributed by atoms with E-state index in [2.05, 4.69) is 4.72 Å². The zero-order valence-electron chi connectivity index (χ0n) is 13.6. The van der Waals surface area contributed by atoms with E-state index in [9.17, 15) is 13.2 Å². The van der Waals surface area contributed by atoms with E-state index in [1.807, 2.05) is 30.3 Å². The summed E-state index contributed by atoms with van der Waals surface area (Å²) >= 11 is 0. The quantitative estimate of drug-likeness (QED) is 0.695. The molecular weight excluding hydrogens is 334 g/mol. The second kappa shape index (κ2) is 6.91. The zero-order chi connectivity index (χ0) is 17.9. The third-order valence-corrected chi connectivity index (χ3v) is 5.21. The van der Waals surface area contributed by atoms with Crippen molar-refractivity contribution in [2.45, 2.75) is 11.8 Å². The van der Waals surface area contributed by atoms with E-state index in [0.717, 1.165) is 11.1 Å². The Morgan fingerprint density at radius 2 is 1.32 bits per heavy atom. The van der Waals surface area contributed by atoms with Crippen LogP contribution in [0.5, 0.6) is 0 Å². The van der Waals surface area contributed by atoms with Crippen molar-refractivity contribution < 1.29 is 13.2 Å². The van der Waals surface area contributed by atoms with Gasteiger partial charge in [0.25, 0.3) is 10.0 Å². The maximum Gasteiger partial charge on any atom is 0.261 e. The van der Waals surface area contributed by atoms with Crippen molar-refractivity contribution in [3.63, 3.8) is 0 Å². The van der Waals surface area contributed by atoms with Crippen LogP contribution in [-0.4, -0.2) is 14.2 Å². The number of rotatable bonds is 5. The maximum absolute atomic E-state index is 12.5. The Bertz CT molecular complexity index is 977. The molecule has 0 saturated heterocycles. The van der Waals surface area contributed by atoms with Crippen LogP contribution in [0.1, 0.15) is 17.3 Å². The molecule has 126 valence electrons. The van der Waals surface area contributed by atoms with E-state index >= 15 is 0 Å². The Balaban J connectivity index is 1.81. The Morgan fingerprint density at radius 1 is 0.760 bits per heavy atom. The summed E-state index contributed by atoms with van der Waals surface area (Å²) < 4.78 is 27.5. The highest BCUT2D eigenvalue weighted by Gasteiger charge is 2.14. The van der Waals surface area contributed by atoms with Crippen LogP contribution in [0.4, 0.5) is 5.69 Å². The Morgan fingerprint density at radius 3 is 1.88 bits per heavy atom. The van der Waals surface area contributed by atoms with Crippen LogP contribution in [-0.2, 0) is 10.0 Å². The summed E-state index contributed by atoms with van der Waals surface area (Å²) in [5.41, 5.74) is 2.93. The Hall–Kier alpha value is -2.92. The molecular formula is C20H17NO3S. The number of carbonyl (C=O) groups is 1. The topological polar surface area (TPSA) is 63.2 Å². The number of carbonyl (C=O) groups excluding carboxylic acids is 1. The van der Waals surface area contributed by atoms with E-state index in [-0.39, 0.29) is 10.7 Å². The summed E-state index contributed by atoms with van der Waals surface area (Å²) in [7, 11) is -3.68.